The molecule has 3 nitrogen and oxygen atoms in total. The number of aromatic hydroxyl groups is 1. The van der Waals surface area contributed by atoms with E-state index in [9.17, 15) is 9.18 Å². The van der Waals surface area contributed by atoms with E-state index in [1.54, 1.807) is 0 Å². The fraction of sp³-hybridized carbons (Fsp3) is 0.300. The molecule has 80 valence electrons. The van der Waals surface area contributed by atoms with E-state index in [1.807, 2.05) is 0 Å². The van der Waals surface area contributed by atoms with E-state index in [1.165, 1.54) is 17.0 Å². The largest absolute Gasteiger partial charge is 0.508 e. The number of rotatable bonds is 1. The van der Waals surface area contributed by atoms with Crippen LogP contribution in [0.5, 0.6) is 5.75 Å². The molecular formula is C10H9ClFNO2. The summed E-state index contributed by atoms with van der Waals surface area (Å²) in [6, 6.07) is 3.69. The Labute approximate surface area is 91.1 Å². The van der Waals surface area contributed by atoms with Gasteiger partial charge in [-0.3, -0.25) is 4.79 Å². The average Bonchev–Trinajstić information content (AvgIpc) is 2.45. The van der Waals surface area contributed by atoms with Gasteiger partial charge >= 0.3 is 0 Å². The lowest BCUT2D eigenvalue weighted by Crippen LogP contribution is -2.25. The first-order chi connectivity index (χ1) is 7.08. The number of anilines is 1. The van der Waals surface area contributed by atoms with Crippen LogP contribution in [-0.2, 0) is 4.79 Å². The SMILES string of the molecule is O=C1CC(Cl)CN1c1ccc(O)cc1F. The topological polar surface area (TPSA) is 40.5 Å². The van der Waals surface area contributed by atoms with Crippen molar-refractivity contribution in [1.29, 1.82) is 0 Å². The summed E-state index contributed by atoms with van der Waals surface area (Å²) in [6.07, 6.45) is 0.224. The third kappa shape index (κ3) is 1.90. The third-order valence-electron chi connectivity index (χ3n) is 2.30. The quantitative estimate of drug-likeness (QED) is 0.747. The molecule has 1 aromatic rings. The van der Waals surface area contributed by atoms with Crippen molar-refractivity contribution in [3.05, 3.63) is 24.0 Å². The molecule has 1 amide bonds. The number of nitrogens with zero attached hydrogens (tertiary/aromatic N) is 1. The fourth-order valence-electron chi connectivity index (χ4n) is 1.61. The van der Waals surface area contributed by atoms with Gasteiger partial charge in [0, 0.05) is 19.0 Å². The van der Waals surface area contributed by atoms with Crippen LogP contribution in [0, 0.1) is 5.82 Å². The maximum Gasteiger partial charge on any atom is 0.228 e. The normalized spacial score (nSPS) is 21.1. The minimum atomic E-state index is -0.617. The molecule has 2 rings (SSSR count). The number of alkyl halides is 1. The minimum Gasteiger partial charge on any atom is -0.508 e. The smallest absolute Gasteiger partial charge is 0.228 e. The van der Waals surface area contributed by atoms with Crippen molar-refractivity contribution < 1.29 is 14.3 Å². The summed E-state index contributed by atoms with van der Waals surface area (Å²) < 4.78 is 13.4. The van der Waals surface area contributed by atoms with Crippen molar-refractivity contribution in [2.24, 2.45) is 0 Å². The zero-order valence-electron chi connectivity index (χ0n) is 7.78. The number of benzene rings is 1. The molecule has 0 aromatic heterocycles. The second kappa shape index (κ2) is 3.70. The van der Waals surface area contributed by atoms with E-state index >= 15 is 0 Å². The Morgan fingerprint density at radius 1 is 1.53 bits per heavy atom. The van der Waals surface area contributed by atoms with Crippen LogP contribution in [0.15, 0.2) is 18.2 Å². The molecule has 5 heteroatoms. The van der Waals surface area contributed by atoms with Crippen molar-refractivity contribution >= 4 is 23.2 Å². The highest BCUT2D eigenvalue weighted by Gasteiger charge is 2.30. The van der Waals surface area contributed by atoms with E-state index in [0.717, 1.165) is 6.07 Å². The van der Waals surface area contributed by atoms with Crippen LogP contribution in [0.3, 0.4) is 0 Å². The molecule has 0 spiro atoms. The Morgan fingerprint density at radius 2 is 2.27 bits per heavy atom. The van der Waals surface area contributed by atoms with Crippen LogP contribution >= 0.6 is 11.6 Å². The van der Waals surface area contributed by atoms with Gasteiger partial charge in [-0.2, -0.15) is 0 Å². The van der Waals surface area contributed by atoms with Gasteiger partial charge in [-0.1, -0.05) is 0 Å². The van der Waals surface area contributed by atoms with Crippen LogP contribution in [0.25, 0.3) is 0 Å². The lowest BCUT2D eigenvalue weighted by atomic mass is 10.2. The molecule has 0 radical (unpaired) electrons. The van der Waals surface area contributed by atoms with Gasteiger partial charge in [-0.25, -0.2) is 4.39 Å². The van der Waals surface area contributed by atoms with Crippen molar-refractivity contribution in [1.82, 2.24) is 0 Å². The standard InChI is InChI=1S/C10H9ClFNO2/c11-6-3-10(15)13(5-6)9-2-1-7(14)4-8(9)12/h1-2,4,6,14H,3,5H2. The predicted molar refractivity (Wildman–Crippen MR) is 54.7 cm³/mol. The number of halogens is 2. The molecular weight excluding hydrogens is 221 g/mol. The van der Waals surface area contributed by atoms with Gasteiger partial charge in [0.2, 0.25) is 5.91 Å². The van der Waals surface area contributed by atoms with E-state index in [2.05, 4.69) is 0 Å². The first kappa shape index (κ1) is 10.2. The van der Waals surface area contributed by atoms with Gasteiger partial charge < -0.3 is 10.0 Å². The Bertz CT molecular complexity index is 410. The highest BCUT2D eigenvalue weighted by atomic mass is 35.5. The predicted octanol–water partition coefficient (Wildman–Crippen LogP) is 1.88. The minimum absolute atomic E-state index is 0.162. The fourth-order valence-corrected chi connectivity index (χ4v) is 1.88. The second-order valence-corrected chi connectivity index (χ2v) is 4.06. The van der Waals surface area contributed by atoms with Gasteiger partial charge in [-0.15, -0.1) is 11.6 Å². The highest BCUT2D eigenvalue weighted by Crippen LogP contribution is 2.28. The van der Waals surface area contributed by atoms with Crippen molar-refractivity contribution in [3.63, 3.8) is 0 Å². The maximum absolute atomic E-state index is 13.4. The summed E-state index contributed by atoms with van der Waals surface area (Å²) in [5, 5.41) is 8.76. The Kier molecular flexibility index (Phi) is 2.52. The summed E-state index contributed by atoms with van der Waals surface area (Å²) in [6.45, 7) is 0.308. The van der Waals surface area contributed by atoms with Crippen LogP contribution in [-0.4, -0.2) is 22.9 Å². The lowest BCUT2D eigenvalue weighted by Gasteiger charge is -2.16. The van der Waals surface area contributed by atoms with Gasteiger partial charge in [-0.05, 0) is 12.1 Å². The Balaban J connectivity index is 2.34. The molecule has 1 N–H and O–H groups in total. The number of carbonyl (C=O) groups excluding carboxylic acids is 1. The van der Waals surface area contributed by atoms with Gasteiger partial charge in [0.15, 0.2) is 5.82 Å². The average molecular weight is 230 g/mol. The van der Waals surface area contributed by atoms with Gasteiger partial charge in [0.1, 0.15) is 5.75 Å². The summed E-state index contributed by atoms with van der Waals surface area (Å²) >= 11 is 5.80. The van der Waals surface area contributed by atoms with Gasteiger partial charge in [0.05, 0.1) is 11.1 Å². The van der Waals surface area contributed by atoms with Crippen LogP contribution in [0.4, 0.5) is 10.1 Å². The summed E-state index contributed by atoms with van der Waals surface area (Å²) in [4.78, 5) is 12.7. The molecule has 0 aliphatic carbocycles. The Morgan fingerprint density at radius 3 is 2.80 bits per heavy atom. The van der Waals surface area contributed by atoms with Crippen LogP contribution in [0.1, 0.15) is 6.42 Å². The first-order valence-corrected chi connectivity index (χ1v) is 4.94. The molecule has 1 fully saturated rings. The molecule has 1 aromatic carbocycles. The summed E-state index contributed by atoms with van der Waals surface area (Å²) in [7, 11) is 0. The summed E-state index contributed by atoms with van der Waals surface area (Å²) in [5.41, 5.74) is 0.168. The van der Waals surface area contributed by atoms with E-state index in [-0.39, 0.29) is 29.1 Å². The van der Waals surface area contributed by atoms with Crippen LogP contribution in [0.2, 0.25) is 0 Å². The highest BCUT2D eigenvalue weighted by molar-refractivity contribution is 6.24. The molecule has 1 atom stereocenters. The Hall–Kier alpha value is -1.29. The van der Waals surface area contributed by atoms with Crippen LogP contribution < -0.4 is 4.90 Å². The monoisotopic (exact) mass is 229 g/mol. The number of carbonyl (C=O) groups is 1. The third-order valence-corrected chi connectivity index (χ3v) is 2.59. The van der Waals surface area contributed by atoms with E-state index in [4.69, 9.17) is 16.7 Å². The van der Waals surface area contributed by atoms with Crippen molar-refractivity contribution in [2.75, 3.05) is 11.4 Å². The number of amides is 1. The molecule has 1 saturated heterocycles. The number of phenolic OH excluding ortho intramolecular Hbond substituents is 1. The molecule has 1 heterocycles. The molecule has 15 heavy (non-hydrogen) atoms. The molecule has 1 aliphatic rings. The van der Waals surface area contributed by atoms with E-state index in [0.29, 0.717) is 6.54 Å². The van der Waals surface area contributed by atoms with E-state index < -0.39 is 5.82 Å². The first-order valence-electron chi connectivity index (χ1n) is 4.51. The molecule has 1 aliphatic heterocycles. The molecule has 0 bridgehead atoms. The zero-order chi connectivity index (χ0) is 11.0. The number of hydrogen-bond acceptors (Lipinski definition) is 2. The lowest BCUT2D eigenvalue weighted by molar-refractivity contribution is -0.117. The number of hydrogen-bond donors (Lipinski definition) is 1. The van der Waals surface area contributed by atoms with Crippen molar-refractivity contribution in [3.8, 4) is 5.75 Å². The maximum atomic E-state index is 13.4. The molecule has 0 saturated carbocycles. The van der Waals surface area contributed by atoms with Gasteiger partial charge in [0.25, 0.3) is 0 Å². The summed E-state index contributed by atoms with van der Waals surface area (Å²) in [5.74, 6) is -0.973. The molecule has 1 unspecified atom stereocenters. The zero-order valence-corrected chi connectivity index (χ0v) is 8.54. The second-order valence-electron chi connectivity index (χ2n) is 3.44. The van der Waals surface area contributed by atoms with Crippen molar-refractivity contribution in [2.45, 2.75) is 11.8 Å². The number of phenols is 1.